The van der Waals surface area contributed by atoms with E-state index >= 15 is 0 Å². The average Bonchev–Trinajstić information content (AvgIpc) is 2.83. The van der Waals surface area contributed by atoms with E-state index in [1.807, 2.05) is 12.2 Å². The zero-order valence-corrected chi connectivity index (χ0v) is 12.7. The van der Waals surface area contributed by atoms with Crippen LogP contribution in [0.4, 0.5) is 0 Å². The van der Waals surface area contributed by atoms with E-state index in [1.54, 1.807) is 7.11 Å². The van der Waals surface area contributed by atoms with Crippen LogP contribution in [0, 0.1) is 11.8 Å². The van der Waals surface area contributed by atoms with Crippen LogP contribution in [0.25, 0.3) is 0 Å². The first-order valence-electron chi connectivity index (χ1n) is 7.54. The Hall–Kier alpha value is -0.890. The van der Waals surface area contributed by atoms with Gasteiger partial charge in [-0.15, -0.1) is 0 Å². The van der Waals surface area contributed by atoms with Gasteiger partial charge in [-0.25, -0.2) is 0 Å². The largest absolute Gasteiger partial charge is 0.384 e. The fraction of sp³-hybridized carbons (Fsp3) is 0.706. The first-order valence-corrected chi connectivity index (χ1v) is 7.54. The zero-order chi connectivity index (χ0) is 14.1. The highest BCUT2D eigenvalue weighted by Crippen LogP contribution is 2.25. The molecule has 0 aliphatic heterocycles. The maximum Gasteiger partial charge on any atom is 0.143 e. The summed E-state index contributed by atoms with van der Waals surface area (Å²) < 4.78 is 5.09. The minimum Gasteiger partial charge on any atom is -0.384 e. The van der Waals surface area contributed by atoms with Crippen LogP contribution in [-0.4, -0.2) is 19.5 Å². The Morgan fingerprint density at radius 3 is 2.79 bits per heavy atom. The van der Waals surface area contributed by atoms with Crippen molar-refractivity contribution in [2.45, 2.75) is 52.4 Å². The lowest BCUT2D eigenvalue weighted by atomic mass is 9.92. The third-order valence-electron chi connectivity index (χ3n) is 3.66. The maximum atomic E-state index is 12.2. The van der Waals surface area contributed by atoms with Crippen molar-refractivity contribution in [2.24, 2.45) is 11.8 Å². The smallest absolute Gasteiger partial charge is 0.143 e. The Labute approximate surface area is 117 Å². The minimum absolute atomic E-state index is 0.0280. The second kappa shape index (κ2) is 9.08. The molecule has 0 bridgehead atoms. The Kier molecular flexibility index (Phi) is 7.73. The van der Waals surface area contributed by atoms with Crippen LogP contribution in [0.15, 0.2) is 23.8 Å². The summed E-state index contributed by atoms with van der Waals surface area (Å²) in [6.07, 6.45) is 12.4. The summed E-state index contributed by atoms with van der Waals surface area (Å²) >= 11 is 0. The first-order chi connectivity index (χ1) is 9.15. The van der Waals surface area contributed by atoms with Gasteiger partial charge in [0.05, 0.1) is 5.92 Å². The third-order valence-corrected chi connectivity index (χ3v) is 3.66. The SMILES string of the molecule is COCCC1=CC=CC1C(=O)CCCCCC(C)C. The lowest BCUT2D eigenvalue weighted by Crippen LogP contribution is -2.14. The molecule has 1 aliphatic carbocycles. The van der Waals surface area contributed by atoms with Gasteiger partial charge in [-0.3, -0.25) is 4.79 Å². The topological polar surface area (TPSA) is 26.3 Å². The minimum atomic E-state index is 0.0280. The van der Waals surface area contributed by atoms with Crippen molar-refractivity contribution < 1.29 is 9.53 Å². The Balaban J connectivity index is 2.22. The number of hydrogen-bond donors (Lipinski definition) is 0. The van der Waals surface area contributed by atoms with Gasteiger partial charge in [0.15, 0.2) is 0 Å². The van der Waals surface area contributed by atoms with Crippen LogP contribution in [0.1, 0.15) is 52.4 Å². The van der Waals surface area contributed by atoms with E-state index in [1.165, 1.54) is 24.8 Å². The van der Waals surface area contributed by atoms with Crippen molar-refractivity contribution in [1.29, 1.82) is 0 Å². The molecule has 0 N–H and O–H groups in total. The van der Waals surface area contributed by atoms with Crippen LogP contribution in [0.5, 0.6) is 0 Å². The van der Waals surface area contributed by atoms with Gasteiger partial charge in [0.2, 0.25) is 0 Å². The molecule has 2 heteroatoms. The quantitative estimate of drug-likeness (QED) is 0.550. The molecule has 1 unspecified atom stereocenters. The highest BCUT2D eigenvalue weighted by atomic mass is 16.5. The van der Waals surface area contributed by atoms with Gasteiger partial charge in [0.25, 0.3) is 0 Å². The summed E-state index contributed by atoms with van der Waals surface area (Å²) in [5.74, 6) is 1.18. The predicted octanol–water partition coefficient (Wildman–Crippen LogP) is 4.31. The number of methoxy groups -OCH3 is 1. The number of carbonyl (C=O) groups is 1. The van der Waals surface area contributed by atoms with Gasteiger partial charge in [0.1, 0.15) is 5.78 Å². The molecular formula is C17H28O2. The van der Waals surface area contributed by atoms with Crippen molar-refractivity contribution in [2.75, 3.05) is 13.7 Å². The number of Topliss-reactive ketones (excluding diaryl/α,β-unsaturated/α-hetero) is 1. The molecule has 0 amide bonds. The zero-order valence-electron chi connectivity index (χ0n) is 12.7. The highest BCUT2D eigenvalue weighted by molar-refractivity contribution is 5.86. The van der Waals surface area contributed by atoms with Gasteiger partial charge in [-0.1, -0.05) is 56.9 Å². The number of carbonyl (C=O) groups excluding carboxylic acids is 1. The Morgan fingerprint density at radius 2 is 2.11 bits per heavy atom. The molecule has 0 aromatic heterocycles. The summed E-state index contributed by atoms with van der Waals surface area (Å²) in [6.45, 7) is 5.20. The number of hydrogen-bond acceptors (Lipinski definition) is 2. The molecule has 0 aromatic rings. The lowest BCUT2D eigenvalue weighted by molar-refractivity contribution is -0.120. The van der Waals surface area contributed by atoms with Crippen LogP contribution >= 0.6 is 0 Å². The molecule has 1 atom stereocenters. The summed E-state index contributed by atoms with van der Waals surface area (Å²) in [7, 11) is 1.70. The van der Waals surface area contributed by atoms with E-state index in [0.29, 0.717) is 12.4 Å². The van der Waals surface area contributed by atoms with E-state index in [0.717, 1.165) is 25.2 Å². The number of ketones is 1. The molecule has 0 aromatic carbocycles. The van der Waals surface area contributed by atoms with Crippen molar-refractivity contribution in [1.82, 2.24) is 0 Å². The Bertz CT molecular complexity index is 326. The number of allylic oxidation sites excluding steroid dienone is 3. The van der Waals surface area contributed by atoms with E-state index in [4.69, 9.17) is 4.74 Å². The lowest BCUT2D eigenvalue weighted by Gasteiger charge is -2.12. The van der Waals surface area contributed by atoms with E-state index in [9.17, 15) is 4.79 Å². The summed E-state index contributed by atoms with van der Waals surface area (Å²) in [5, 5.41) is 0. The molecule has 0 saturated carbocycles. The molecule has 1 rings (SSSR count). The monoisotopic (exact) mass is 264 g/mol. The second-order valence-corrected chi connectivity index (χ2v) is 5.81. The predicted molar refractivity (Wildman–Crippen MR) is 80.1 cm³/mol. The van der Waals surface area contributed by atoms with E-state index in [2.05, 4.69) is 19.9 Å². The van der Waals surface area contributed by atoms with Crippen LogP contribution in [-0.2, 0) is 9.53 Å². The Morgan fingerprint density at radius 1 is 1.32 bits per heavy atom. The normalized spacial score (nSPS) is 18.1. The molecule has 2 nitrogen and oxygen atoms in total. The highest BCUT2D eigenvalue weighted by Gasteiger charge is 2.21. The van der Waals surface area contributed by atoms with Gasteiger partial charge < -0.3 is 4.74 Å². The molecule has 108 valence electrons. The summed E-state index contributed by atoms with van der Waals surface area (Å²) in [6, 6.07) is 0. The van der Waals surface area contributed by atoms with Gasteiger partial charge in [-0.05, 0) is 18.8 Å². The molecule has 0 fully saturated rings. The van der Waals surface area contributed by atoms with E-state index < -0.39 is 0 Å². The maximum absolute atomic E-state index is 12.2. The van der Waals surface area contributed by atoms with Crippen molar-refractivity contribution >= 4 is 5.78 Å². The number of unbranched alkanes of at least 4 members (excludes halogenated alkanes) is 2. The second-order valence-electron chi connectivity index (χ2n) is 5.81. The molecule has 0 radical (unpaired) electrons. The van der Waals surface area contributed by atoms with Crippen LogP contribution in [0.3, 0.4) is 0 Å². The standard InChI is InChI=1S/C17H28O2/c1-14(2)8-5-4-6-11-17(18)16-10-7-9-15(16)12-13-19-3/h7,9-10,14,16H,4-6,8,11-13H2,1-3H3. The van der Waals surface area contributed by atoms with Crippen molar-refractivity contribution in [3.05, 3.63) is 23.8 Å². The summed E-state index contributed by atoms with van der Waals surface area (Å²) in [5.41, 5.74) is 1.22. The number of ether oxygens (including phenoxy) is 1. The average molecular weight is 264 g/mol. The molecular weight excluding hydrogens is 236 g/mol. The molecule has 0 heterocycles. The van der Waals surface area contributed by atoms with Crippen LogP contribution < -0.4 is 0 Å². The number of rotatable bonds is 10. The van der Waals surface area contributed by atoms with E-state index in [-0.39, 0.29) is 5.92 Å². The molecule has 1 aliphatic rings. The molecule has 19 heavy (non-hydrogen) atoms. The molecule has 0 saturated heterocycles. The van der Waals surface area contributed by atoms with Crippen molar-refractivity contribution in [3.63, 3.8) is 0 Å². The van der Waals surface area contributed by atoms with Gasteiger partial charge in [0, 0.05) is 20.1 Å². The van der Waals surface area contributed by atoms with Crippen molar-refractivity contribution in [3.8, 4) is 0 Å². The fourth-order valence-electron chi connectivity index (χ4n) is 2.47. The summed E-state index contributed by atoms with van der Waals surface area (Å²) in [4.78, 5) is 12.2. The first kappa shape index (κ1) is 16.2. The van der Waals surface area contributed by atoms with Crippen LogP contribution in [0.2, 0.25) is 0 Å². The fourth-order valence-corrected chi connectivity index (χ4v) is 2.47. The third kappa shape index (κ3) is 6.20. The van der Waals surface area contributed by atoms with Gasteiger partial charge >= 0.3 is 0 Å². The van der Waals surface area contributed by atoms with Gasteiger partial charge in [-0.2, -0.15) is 0 Å². The molecule has 0 spiro atoms.